The predicted molar refractivity (Wildman–Crippen MR) is 74.3 cm³/mol. The molecule has 0 radical (unpaired) electrons. The second-order valence-corrected chi connectivity index (χ2v) is 6.80. The number of rotatable bonds is 7. The van der Waals surface area contributed by atoms with Crippen LogP contribution in [0.1, 0.15) is 39.0 Å². The standard InChI is InChI=1S/C15H24F5NO2/c1-2-7-22-11-13(8-14(16,17)9-13)10-21-5-3-12(4-6-21)23-15(18,19)20/h12H,2-11H2,1H3. The average molecular weight is 345 g/mol. The van der Waals surface area contributed by atoms with Crippen molar-refractivity contribution in [1.29, 1.82) is 0 Å². The molecule has 2 rings (SSSR count). The lowest BCUT2D eigenvalue weighted by Gasteiger charge is -2.50. The van der Waals surface area contributed by atoms with Gasteiger partial charge < -0.3 is 9.64 Å². The van der Waals surface area contributed by atoms with E-state index >= 15 is 0 Å². The Balaban J connectivity index is 1.80. The van der Waals surface area contributed by atoms with E-state index in [2.05, 4.69) is 4.74 Å². The molecule has 0 amide bonds. The number of hydrogen-bond acceptors (Lipinski definition) is 3. The van der Waals surface area contributed by atoms with Gasteiger partial charge in [-0.25, -0.2) is 8.78 Å². The van der Waals surface area contributed by atoms with Crippen molar-refractivity contribution in [3.8, 4) is 0 Å². The zero-order valence-electron chi connectivity index (χ0n) is 13.3. The minimum Gasteiger partial charge on any atom is -0.381 e. The summed E-state index contributed by atoms with van der Waals surface area (Å²) in [6.45, 7) is 4.09. The molecular weight excluding hydrogens is 321 g/mol. The van der Waals surface area contributed by atoms with Gasteiger partial charge in [-0.1, -0.05) is 6.92 Å². The number of halogens is 5. The Morgan fingerprint density at radius 3 is 2.22 bits per heavy atom. The molecule has 23 heavy (non-hydrogen) atoms. The Hall–Kier alpha value is -0.470. The molecule has 136 valence electrons. The van der Waals surface area contributed by atoms with Gasteiger partial charge in [-0.2, -0.15) is 0 Å². The van der Waals surface area contributed by atoms with Crippen LogP contribution in [-0.4, -0.2) is 56.1 Å². The molecule has 0 atom stereocenters. The summed E-state index contributed by atoms with van der Waals surface area (Å²) in [5.74, 6) is -2.65. The van der Waals surface area contributed by atoms with Crippen LogP contribution in [0.25, 0.3) is 0 Å². The monoisotopic (exact) mass is 345 g/mol. The van der Waals surface area contributed by atoms with Gasteiger partial charge in [-0.3, -0.25) is 4.74 Å². The van der Waals surface area contributed by atoms with Crippen molar-refractivity contribution in [2.75, 3.05) is 32.8 Å². The molecule has 1 aliphatic carbocycles. The first-order chi connectivity index (χ1) is 10.6. The number of alkyl halides is 5. The van der Waals surface area contributed by atoms with Gasteiger partial charge in [0.05, 0.1) is 12.7 Å². The number of piperidine rings is 1. The smallest absolute Gasteiger partial charge is 0.381 e. The summed E-state index contributed by atoms with van der Waals surface area (Å²) in [5.41, 5.74) is -0.573. The van der Waals surface area contributed by atoms with E-state index in [1.807, 2.05) is 11.8 Å². The Morgan fingerprint density at radius 1 is 1.13 bits per heavy atom. The fraction of sp³-hybridized carbons (Fsp3) is 1.00. The van der Waals surface area contributed by atoms with Crippen molar-refractivity contribution in [2.45, 2.75) is 57.4 Å². The summed E-state index contributed by atoms with van der Waals surface area (Å²) in [4.78, 5) is 1.96. The van der Waals surface area contributed by atoms with Crippen LogP contribution in [0.15, 0.2) is 0 Å². The Bertz CT molecular complexity index is 373. The van der Waals surface area contributed by atoms with Crippen molar-refractivity contribution in [3.05, 3.63) is 0 Å². The van der Waals surface area contributed by atoms with Crippen LogP contribution in [0.5, 0.6) is 0 Å². The van der Waals surface area contributed by atoms with Gasteiger partial charge in [0.25, 0.3) is 0 Å². The van der Waals surface area contributed by atoms with E-state index < -0.39 is 23.8 Å². The second-order valence-electron chi connectivity index (χ2n) is 6.80. The van der Waals surface area contributed by atoms with Gasteiger partial charge in [0, 0.05) is 44.5 Å². The van der Waals surface area contributed by atoms with Gasteiger partial charge in [-0.15, -0.1) is 13.2 Å². The van der Waals surface area contributed by atoms with E-state index in [0.717, 1.165) is 6.42 Å². The fourth-order valence-corrected chi connectivity index (χ4v) is 3.59. The van der Waals surface area contributed by atoms with Crippen LogP contribution in [0, 0.1) is 5.41 Å². The molecule has 8 heteroatoms. The quantitative estimate of drug-likeness (QED) is 0.517. The SMILES string of the molecule is CCCOCC1(CN2CCC(OC(F)(F)F)CC2)CC(F)(F)C1. The summed E-state index contributed by atoms with van der Waals surface area (Å²) >= 11 is 0. The molecule has 0 aromatic heterocycles. The normalized spacial score (nSPS) is 25.3. The molecule has 0 aromatic rings. The molecule has 0 bridgehead atoms. The second kappa shape index (κ2) is 7.19. The van der Waals surface area contributed by atoms with Crippen LogP contribution in [-0.2, 0) is 9.47 Å². The van der Waals surface area contributed by atoms with Crippen LogP contribution >= 0.6 is 0 Å². The van der Waals surface area contributed by atoms with Crippen molar-refractivity contribution < 1.29 is 31.4 Å². The Morgan fingerprint density at radius 2 is 1.74 bits per heavy atom. The molecule has 1 saturated heterocycles. The molecule has 0 N–H and O–H groups in total. The molecule has 2 fully saturated rings. The number of ether oxygens (including phenoxy) is 2. The Kier molecular flexibility index (Phi) is 5.90. The lowest BCUT2D eigenvalue weighted by atomic mass is 9.66. The topological polar surface area (TPSA) is 21.7 Å². The highest BCUT2D eigenvalue weighted by molar-refractivity contribution is 5.01. The lowest BCUT2D eigenvalue weighted by molar-refractivity contribution is -0.346. The van der Waals surface area contributed by atoms with E-state index in [1.54, 1.807) is 0 Å². The summed E-state index contributed by atoms with van der Waals surface area (Å²) in [5, 5.41) is 0. The first-order valence-electron chi connectivity index (χ1n) is 8.06. The molecule has 0 unspecified atom stereocenters. The van der Waals surface area contributed by atoms with Crippen molar-refractivity contribution in [3.63, 3.8) is 0 Å². The third kappa shape index (κ3) is 5.83. The van der Waals surface area contributed by atoms with Crippen LogP contribution in [0.2, 0.25) is 0 Å². The summed E-state index contributed by atoms with van der Waals surface area (Å²) in [7, 11) is 0. The van der Waals surface area contributed by atoms with Gasteiger partial charge in [0.1, 0.15) is 0 Å². The molecule has 0 aromatic carbocycles. The number of nitrogens with zero attached hydrogens (tertiary/aromatic N) is 1. The van der Waals surface area contributed by atoms with Crippen molar-refractivity contribution in [1.82, 2.24) is 4.90 Å². The molecular formula is C15H24F5NO2. The largest absolute Gasteiger partial charge is 0.522 e. The molecule has 0 spiro atoms. The maximum atomic E-state index is 13.3. The third-order valence-electron chi connectivity index (χ3n) is 4.42. The molecule has 1 heterocycles. The third-order valence-corrected chi connectivity index (χ3v) is 4.42. The summed E-state index contributed by atoms with van der Waals surface area (Å²) in [6, 6.07) is 0. The minimum atomic E-state index is -4.61. The highest BCUT2D eigenvalue weighted by atomic mass is 19.4. The molecule has 1 saturated carbocycles. The van der Waals surface area contributed by atoms with Gasteiger partial charge in [-0.05, 0) is 19.3 Å². The van der Waals surface area contributed by atoms with Crippen LogP contribution in [0.4, 0.5) is 22.0 Å². The van der Waals surface area contributed by atoms with E-state index in [0.29, 0.717) is 26.2 Å². The minimum absolute atomic E-state index is 0.206. The zero-order chi connectivity index (χ0) is 17.1. The van der Waals surface area contributed by atoms with E-state index in [1.165, 1.54) is 0 Å². The van der Waals surface area contributed by atoms with Gasteiger partial charge in [0.15, 0.2) is 0 Å². The highest BCUT2D eigenvalue weighted by Crippen LogP contribution is 2.52. The lowest BCUT2D eigenvalue weighted by Crippen LogP contribution is -2.56. The fourth-order valence-electron chi connectivity index (χ4n) is 3.59. The number of likely N-dealkylation sites (tertiary alicyclic amines) is 1. The van der Waals surface area contributed by atoms with Gasteiger partial charge in [0.2, 0.25) is 5.92 Å². The van der Waals surface area contributed by atoms with Crippen LogP contribution < -0.4 is 0 Å². The highest BCUT2D eigenvalue weighted by Gasteiger charge is 2.57. The number of hydrogen-bond donors (Lipinski definition) is 0. The van der Waals surface area contributed by atoms with E-state index in [-0.39, 0.29) is 32.3 Å². The molecule has 3 nitrogen and oxygen atoms in total. The van der Waals surface area contributed by atoms with Gasteiger partial charge >= 0.3 is 6.36 Å². The van der Waals surface area contributed by atoms with E-state index in [4.69, 9.17) is 4.74 Å². The van der Waals surface area contributed by atoms with Crippen molar-refractivity contribution in [2.24, 2.45) is 5.41 Å². The van der Waals surface area contributed by atoms with Crippen LogP contribution in [0.3, 0.4) is 0 Å². The summed E-state index contributed by atoms with van der Waals surface area (Å²) in [6.07, 6.45) is -4.50. The average Bonchev–Trinajstić information content (AvgIpc) is 2.37. The predicted octanol–water partition coefficient (Wildman–Crippen LogP) is 3.83. The maximum Gasteiger partial charge on any atom is 0.522 e. The van der Waals surface area contributed by atoms with E-state index in [9.17, 15) is 22.0 Å². The zero-order valence-corrected chi connectivity index (χ0v) is 13.3. The first kappa shape index (κ1) is 18.9. The Labute approximate surface area is 133 Å². The molecule has 2 aliphatic rings. The first-order valence-corrected chi connectivity index (χ1v) is 8.06. The van der Waals surface area contributed by atoms with Crippen molar-refractivity contribution >= 4 is 0 Å². The molecule has 1 aliphatic heterocycles. The summed E-state index contributed by atoms with van der Waals surface area (Å²) < 4.78 is 72.8. The maximum absolute atomic E-state index is 13.3.